The SMILES string of the molecule is CC[C@H]1OC(=O)[C@H](C)C(=O)[C@H](C)[C@@H](O[C@@H]2OC(C)CC(N(C)C)C2O)[C@](C)(OC/C=C/c2cnc3ccccc3c2)C[C@@H](C)CN(C)[C@H](C)[C@H]2NC(=O)O[C@@]21C. The van der Waals surface area contributed by atoms with Gasteiger partial charge in [0.2, 0.25) is 0 Å². The molecule has 0 radical (unpaired) electrons. The average molecular weight is 781 g/mol. The second-order valence-corrected chi connectivity index (χ2v) is 17.0. The van der Waals surface area contributed by atoms with Crippen molar-refractivity contribution in [3.8, 4) is 0 Å². The lowest BCUT2D eigenvalue weighted by Gasteiger charge is -2.47. The molecular formula is C43H64N4O9. The van der Waals surface area contributed by atoms with Gasteiger partial charge in [0.05, 0.1) is 36.0 Å². The van der Waals surface area contributed by atoms with Crippen molar-refractivity contribution in [2.24, 2.45) is 17.8 Å². The highest BCUT2D eigenvalue weighted by molar-refractivity contribution is 6.00. The molecular weight excluding hydrogens is 716 g/mol. The number of aromatic nitrogens is 1. The molecule has 13 heteroatoms. The fourth-order valence-corrected chi connectivity index (χ4v) is 9.05. The predicted octanol–water partition coefficient (Wildman–Crippen LogP) is 5.22. The van der Waals surface area contributed by atoms with Crippen LogP contribution in [0, 0.1) is 17.8 Å². The van der Waals surface area contributed by atoms with Crippen molar-refractivity contribution in [3.63, 3.8) is 0 Å². The fourth-order valence-electron chi connectivity index (χ4n) is 9.05. The Labute approximate surface area is 332 Å². The summed E-state index contributed by atoms with van der Waals surface area (Å²) in [5.74, 6) is -3.22. The first-order valence-corrected chi connectivity index (χ1v) is 20.1. The first-order valence-electron chi connectivity index (χ1n) is 20.1. The number of para-hydroxylation sites is 1. The smallest absolute Gasteiger partial charge is 0.408 e. The second kappa shape index (κ2) is 18.0. The van der Waals surface area contributed by atoms with Crippen LogP contribution in [0.25, 0.3) is 17.0 Å². The van der Waals surface area contributed by atoms with E-state index in [2.05, 4.69) is 28.2 Å². The Hall–Kier alpha value is -3.46. The largest absolute Gasteiger partial charge is 0.458 e. The number of nitrogens with zero attached hydrogens (tertiary/aromatic N) is 3. The number of hydrogen-bond acceptors (Lipinski definition) is 12. The van der Waals surface area contributed by atoms with Crippen LogP contribution in [0.3, 0.4) is 0 Å². The molecule has 1 aromatic heterocycles. The van der Waals surface area contributed by atoms with E-state index in [1.807, 2.05) is 96.4 Å². The quantitative estimate of drug-likeness (QED) is 0.267. The lowest BCUT2D eigenvalue weighted by molar-refractivity contribution is -0.297. The van der Waals surface area contributed by atoms with E-state index in [0.717, 1.165) is 16.5 Å². The van der Waals surface area contributed by atoms with Gasteiger partial charge in [0.1, 0.15) is 18.1 Å². The topological polar surface area (TPSA) is 149 Å². The third-order valence-corrected chi connectivity index (χ3v) is 12.3. The summed E-state index contributed by atoms with van der Waals surface area (Å²) in [6, 6.07) is 9.00. The number of hydrogen-bond donors (Lipinski definition) is 2. The number of aliphatic hydroxyl groups is 1. The molecule has 0 aliphatic carbocycles. The van der Waals surface area contributed by atoms with Crippen LogP contribution >= 0.6 is 0 Å². The standard InChI is InChI=1S/C43H64N4O9/c1-12-34-43(8)37(45-41(51)56-43)29(6)47(11)24-25(2)22-42(7,52-19-15-16-30-21-31-17-13-14-18-32(31)44-23-30)38(27(4)35(48)28(5)39(50)54-34)55-40-36(49)33(46(9)10)20-26(3)53-40/h13-18,21,23,25-29,33-34,36-38,40,49H,12,19-20,22,24H2,1-11H3,(H,45,51)/b16-15+/t25-,26?,27+,28-,29-,33?,34-,36?,37-,38-,40+,42-,43-/m1/s1. The molecule has 5 rings (SSSR count). The van der Waals surface area contributed by atoms with Crippen LogP contribution in [0.1, 0.15) is 80.2 Å². The van der Waals surface area contributed by atoms with Gasteiger partial charge in [-0.2, -0.15) is 0 Å². The van der Waals surface area contributed by atoms with Gasteiger partial charge in [0, 0.05) is 36.1 Å². The number of ketones is 1. The molecule has 2 aromatic rings. The first-order chi connectivity index (χ1) is 26.4. The van der Waals surface area contributed by atoms with Crippen LogP contribution in [0.2, 0.25) is 0 Å². The number of cyclic esters (lactones) is 1. The Morgan fingerprint density at radius 1 is 1.11 bits per heavy atom. The monoisotopic (exact) mass is 780 g/mol. The summed E-state index contributed by atoms with van der Waals surface area (Å²) < 4.78 is 31.9. The second-order valence-electron chi connectivity index (χ2n) is 17.0. The minimum Gasteiger partial charge on any atom is -0.458 e. The van der Waals surface area contributed by atoms with Gasteiger partial charge in [-0.25, -0.2) is 4.79 Å². The first kappa shape index (κ1) is 43.7. The maximum atomic E-state index is 14.5. The molecule has 310 valence electrons. The molecule has 0 spiro atoms. The Morgan fingerprint density at radius 2 is 1.82 bits per heavy atom. The number of ether oxygens (including phenoxy) is 5. The number of likely N-dealkylation sites (N-methyl/N-ethyl adjacent to an activating group) is 2. The van der Waals surface area contributed by atoms with Crippen LogP contribution in [-0.2, 0) is 33.3 Å². The van der Waals surface area contributed by atoms with Crippen LogP contribution in [0.4, 0.5) is 4.79 Å². The molecule has 0 saturated carbocycles. The molecule has 3 saturated heterocycles. The molecule has 3 aliphatic rings. The van der Waals surface area contributed by atoms with Crippen molar-refractivity contribution >= 4 is 34.8 Å². The van der Waals surface area contributed by atoms with Gasteiger partial charge in [-0.05, 0) is 98.6 Å². The third kappa shape index (κ3) is 9.45. The van der Waals surface area contributed by atoms with Gasteiger partial charge in [-0.15, -0.1) is 0 Å². The Morgan fingerprint density at radius 3 is 2.52 bits per heavy atom. The third-order valence-electron chi connectivity index (χ3n) is 12.3. The van der Waals surface area contributed by atoms with Gasteiger partial charge in [-0.3, -0.25) is 14.6 Å². The van der Waals surface area contributed by atoms with Crippen LogP contribution < -0.4 is 5.32 Å². The van der Waals surface area contributed by atoms with E-state index >= 15 is 0 Å². The molecule has 13 nitrogen and oxygen atoms in total. The minimum absolute atomic E-state index is 0.0214. The Kier molecular flexibility index (Phi) is 14.0. The zero-order valence-electron chi connectivity index (χ0n) is 35.1. The molecule has 3 aliphatic heterocycles. The van der Waals surface area contributed by atoms with Gasteiger partial charge >= 0.3 is 12.1 Å². The van der Waals surface area contributed by atoms with E-state index in [1.54, 1.807) is 13.8 Å². The number of fused-ring (bicyclic) bond motifs is 2. The van der Waals surface area contributed by atoms with E-state index < -0.39 is 71.5 Å². The minimum atomic E-state index is -1.19. The molecule has 3 fully saturated rings. The van der Waals surface area contributed by atoms with Gasteiger partial charge in [0.25, 0.3) is 0 Å². The summed E-state index contributed by atoms with van der Waals surface area (Å²) in [7, 11) is 5.81. The summed E-state index contributed by atoms with van der Waals surface area (Å²) in [6.45, 7) is 15.7. The van der Waals surface area contributed by atoms with Crippen LogP contribution in [0.15, 0.2) is 42.6 Å². The van der Waals surface area contributed by atoms with Crippen molar-refractivity contribution in [2.45, 2.75) is 135 Å². The summed E-state index contributed by atoms with van der Waals surface area (Å²) in [4.78, 5) is 49.9. The number of benzene rings is 1. The maximum absolute atomic E-state index is 14.5. The maximum Gasteiger partial charge on any atom is 0.408 e. The molecule has 0 bridgehead atoms. The predicted molar refractivity (Wildman–Crippen MR) is 214 cm³/mol. The highest BCUT2D eigenvalue weighted by Crippen LogP contribution is 2.39. The number of pyridine rings is 1. The number of aliphatic hydroxyl groups excluding tert-OH is 1. The summed E-state index contributed by atoms with van der Waals surface area (Å²) >= 11 is 0. The van der Waals surface area contributed by atoms with Crippen LogP contribution in [-0.4, -0.2) is 132 Å². The van der Waals surface area contributed by atoms with Gasteiger partial charge < -0.3 is 43.9 Å². The van der Waals surface area contributed by atoms with Gasteiger partial charge in [0.15, 0.2) is 17.7 Å². The van der Waals surface area contributed by atoms with Crippen molar-refractivity contribution < 1.29 is 43.2 Å². The lowest BCUT2D eigenvalue weighted by Crippen LogP contribution is -2.60. The molecule has 3 unspecified atom stereocenters. The number of carbonyl (C=O) groups excluding carboxylic acids is 3. The Bertz CT molecular complexity index is 1720. The van der Waals surface area contributed by atoms with Crippen molar-refractivity contribution in [2.75, 3.05) is 34.3 Å². The van der Waals surface area contributed by atoms with Crippen molar-refractivity contribution in [3.05, 3.63) is 48.2 Å². The molecule has 1 aromatic carbocycles. The zero-order chi connectivity index (χ0) is 41.1. The Balaban J connectivity index is 1.54. The van der Waals surface area contributed by atoms with E-state index in [4.69, 9.17) is 23.7 Å². The molecule has 2 N–H and O–H groups in total. The molecule has 56 heavy (non-hydrogen) atoms. The number of rotatable bonds is 8. The highest BCUT2D eigenvalue weighted by Gasteiger charge is 2.56. The number of Topliss-reactive ketones (excluding diaryl/α,β-unsaturated/α-hetero) is 1. The average Bonchev–Trinajstić information content (AvgIpc) is 3.47. The number of amides is 1. The van der Waals surface area contributed by atoms with E-state index in [9.17, 15) is 19.5 Å². The zero-order valence-corrected chi connectivity index (χ0v) is 35.1. The van der Waals surface area contributed by atoms with E-state index in [0.29, 0.717) is 25.8 Å². The molecule has 4 heterocycles. The van der Waals surface area contributed by atoms with Crippen LogP contribution in [0.5, 0.6) is 0 Å². The summed E-state index contributed by atoms with van der Waals surface area (Å²) in [5.41, 5.74) is -0.492. The normalized spacial score (nSPS) is 38.2. The van der Waals surface area contributed by atoms with Crippen molar-refractivity contribution in [1.29, 1.82) is 0 Å². The highest BCUT2D eigenvalue weighted by atomic mass is 16.7. The molecule has 1 amide bonds. The number of alkyl carbamates (subject to hydrolysis) is 1. The number of esters is 1. The van der Waals surface area contributed by atoms with Gasteiger partial charge in [-0.1, -0.05) is 51.1 Å². The lowest BCUT2D eigenvalue weighted by atomic mass is 9.78. The fraction of sp³-hybridized carbons (Fsp3) is 0.674. The number of carbonyl (C=O) groups is 3. The van der Waals surface area contributed by atoms with Crippen molar-refractivity contribution in [1.82, 2.24) is 20.1 Å². The summed E-state index contributed by atoms with van der Waals surface area (Å²) in [6.07, 6.45) is 2.42. The molecule has 13 atom stereocenters. The number of nitrogens with one attached hydrogen (secondary N) is 1. The van der Waals surface area contributed by atoms with E-state index in [-0.39, 0.29) is 30.7 Å². The van der Waals surface area contributed by atoms with E-state index in [1.165, 1.54) is 6.92 Å². The summed E-state index contributed by atoms with van der Waals surface area (Å²) in [5, 5.41) is 15.6.